The van der Waals surface area contributed by atoms with Gasteiger partial charge in [0.25, 0.3) is 5.91 Å². The van der Waals surface area contributed by atoms with Crippen LogP contribution >= 0.6 is 0 Å². The number of carbonyl (C=O) groups is 2. The topological polar surface area (TPSA) is 79.7 Å². The van der Waals surface area contributed by atoms with E-state index >= 15 is 0 Å². The van der Waals surface area contributed by atoms with Crippen molar-refractivity contribution in [1.82, 2.24) is 9.88 Å². The lowest BCUT2D eigenvalue weighted by Gasteiger charge is -2.27. The number of nitrogens with zero attached hydrogens (tertiary/aromatic N) is 2. The fraction of sp³-hybridized carbons (Fsp3) is 0.286. The molecule has 3 rings (SSSR count). The molecule has 0 saturated carbocycles. The SMILES string of the molecule is COc1cccc(CN2C(=O)C(O)=C(C(=O)C(C)C)C2c2cccnc2)c1. The van der Waals surface area contributed by atoms with E-state index < -0.39 is 17.7 Å². The Morgan fingerprint density at radius 1 is 1.30 bits per heavy atom. The molecule has 0 radical (unpaired) electrons. The third-order valence-electron chi connectivity index (χ3n) is 4.58. The molecule has 0 bridgehead atoms. The normalized spacial score (nSPS) is 17.0. The second-order valence-corrected chi connectivity index (χ2v) is 6.75. The highest BCUT2D eigenvalue weighted by atomic mass is 16.5. The Morgan fingerprint density at radius 2 is 2.07 bits per heavy atom. The Kier molecular flexibility index (Phi) is 5.26. The molecule has 140 valence electrons. The summed E-state index contributed by atoms with van der Waals surface area (Å²) in [5, 5.41) is 10.5. The molecule has 1 aromatic carbocycles. The van der Waals surface area contributed by atoms with Crippen LogP contribution in [0.5, 0.6) is 5.75 Å². The average Bonchev–Trinajstić information content (AvgIpc) is 2.93. The standard InChI is InChI=1S/C21H22N2O4/c1-13(2)19(24)17-18(15-7-5-9-22-11-15)23(21(26)20(17)25)12-14-6-4-8-16(10-14)27-3/h4-11,13,18,25H,12H2,1-3H3. The molecule has 1 N–H and O–H groups in total. The number of hydrogen-bond acceptors (Lipinski definition) is 5. The lowest BCUT2D eigenvalue weighted by molar-refractivity contribution is -0.130. The molecule has 1 atom stereocenters. The van der Waals surface area contributed by atoms with Crippen molar-refractivity contribution < 1.29 is 19.4 Å². The minimum Gasteiger partial charge on any atom is -0.503 e. The summed E-state index contributed by atoms with van der Waals surface area (Å²) >= 11 is 0. The number of aliphatic hydroxyl groups is 1. The van der Waals surface area contributed by atoms with E-state index in [4.69, 9.17) is 4.74 Å². The predicted molar refractivity (Wildman–Crippen MR) is 100 cm³/mol. The van der Waals surface area contributed by atoms with E-state index in [9.17, 15) is 14.7 Å². The molecule has 1 aliphatic heterocycles. The Labute approximate surface area is 158 Å². The summed E-state index contributed by atoms with van der Waals surface area (Å²) in [5.74, 6) is -0.956. The lowest BCUT2D eigenvalue weighted by atomic mass is 9.92. The van der Waals surface area contributed by atoms with Crippen molar-refractivity contribution >= 4 is 11.7 Å². The monoisotopic (exact) mass is 366 g/mol. The van der Waals surface area contributed by atoms with Crippen molar-refractivity contribution in [2.45, 2.75) is 26.4 Å². The molecule has 2 heterocycles. The van der Waals surface area contributed by atoms with E-state index in [2.05, 4.69) is 4.98 Å². The average molecular weight is 366 g/mol. The maximum Gasteiger partial charge on any atom is 0.290 e. The van der Waals surface area contributed by atoms with Gasteiger partial charge in [-0.2, -0.15) is 0 Å². The molecule has 1 aliphatic rings. The van der Waals surface area contributed by atoms with Crippen LogP contribution < -0.4 is 4.74 Å². The predicted octanol–water partition coefficient (Wildman–Crippen LogP) is 3.21. The first-order valence-corrected chi connectivity index (χ1v) is 8.75. The highest BCUT2D eigenvalue weighted by Gasteiger charge is 2.43. The Hall–Kier alpha value is -3.15. The van der Waals surface area contributed by atoms with E-state index in [0.717, 1.165) is 5.56 Å². The smallest absolute Gasteiger partial charge is 0.290 e. The number of carbonyl (C=O) groups excluding carboxylic acids is 2. The first-order valence-electron chi connectivity index (χ1n) is 8.75. The molecule has 0 spiro atoms. The van der Waals surface area contributed by atoms with Crippen molar-refractivity contribution in [3.63, 3.8) is 0 Å². The van der Waals surface area contributed by atoms with Crippen LogP contribution in [0.15, 0.2) is 60.1 Å². The molecular formula is C21H22N2O4. The summed E-state index contributed by atoms with van der Waals surface area (Å²) in [5.41, 5.74) is 1.65. The number of aromatic nitrogens is 1. The third-order valence-corrected chi connectivity index (χ3v) is 4.58. The maximum absolute atomic E-state index is 12.8. The zero-order valence-corrected chi connectivity index (χ0v) is 15.5. The van der Waals surface area contributed by atoms with Gasteiger partial charge in [-0.1, -0.05) is 32.0 Å². The molecular weight excluding hydrogens is 344 g/mol. The zero-order valence-electron chi connectivity index (χ0n) is 15.5. The largest absolute Gasteiger partial charge is 0.503 e. The summed E-state index contributed by atoms with van der Waals surface area (Å²) in [6.45, 7) is 3.73. The highest BCUT2D eigenvalue weighted by molar-refractivity contribution is 6.09. The van der Waals surface area contributed by atoms with E-state index in [1.165, 1.54) is 4.90 Å². The second-order valence-electron chi connectivity index (χ2n) is 6.75. The fourth-order valence-corrected chi connectivity index (χ4v) is 3.23. The first-order chi connectivity index (χ1) is 12.9. The van der Waals surface area contributed by atoms with Crippen LogP contribution in [-0.4, -0.2) is 33.8 Å². The van der Waals surface area contributed by atoms with E-state index in [0.29, 0.717) is 11.3 Å². The van der Waals surface area contributed by atoms with Gasteiger partial charge in [0.1, 0.15) is 5.75 Å². The summed E-state index contributed by atoms with van der Waals surface area (Å²) < 4.78 is 5.24. The number of ether oxygens (including phenoxy) is 1. The Bertz CT molecular complexity index is 890. The molecule has 6 nitrogen and oxygen atoms in total. The summed E-state index contributed by atoms with van der Waals surface area (Å²) in [6, 6.07) is 10.2. The summed E-state index contributed by atoms with van der Waals surface area (Å²) in [4.78, 5) is 31.2. The molecule has 6 heteroatoms. The van der Waals surface area contributed by atoms with Gasteiger partial charge in [-0.15, -0.1) is 0 Å². The molecule has 0 aliphatic carbocycles. The maximum atomic E-state index is 12.8. The highest BCUT2D eigenvalue weighted by Crippen LogP contribution is 2.39. The van der Waals surface area contributed by atoms with Gasteiger partial charge >= 0.3 is 0 Å². The van der Waals surface area contributed by atoms with Gasteiger partial charge in [-0.05, 0) is 29.3 Å². The molecule has 1 amide bonds. The number of hydrogen-bond donors (Lipinski definition) is 1. The number of ketones is 1. The summed E-state index contributed by atoms with van der Waals surface area (Å²) in [7, 11) is 1.57. The van der Waals surface area contributed by atoms with Crippen LogP contribution in [0, 0.1) is 5.92 Å². The van der Waals surface area contributed by atoms with Crippen LogP contribution in [0.25, 0.3) is 0 Å². The quantitative estimate of drug-likeness (QED) is 0.849. The van der Waals surface area contributed by atoms with E-state index in [1.807, 2.05) is 24.3 Å². The molecule has 27 heavy (non-hydrogen) atoms. The number of rotatable bonds is 6. The fourth-order valence-electron chi connectivity index (χ4n) is 3.23. The Morgan fingerprint density at radius 3 is 2.70 bits per heavy atom. The van der Waals surface area contributed by atoms with Gasteiger partial charge in [0, 0.05) is 24.9 Å². The van der Waals surface area contributed by atoms with Crippen molar-refractivity contribution in [2.24, 2.45) is 5.92 Å². The second kappa shape index (κ2) is 7.61. The first kappa shape index (κ1) is 18.6. The lowest BCUT2D eigenvalue weighted by Crippen LogP contribution is -2.31. The van der Waals surface area contributed by atoms with Crippen LogP contribution in [0.1, 0.15) is 31.0 Å². The minimum atomic E-state index is -0.674. The van der Waals surface area contributed by atoms with E-state index in [1.54, 1.807) is 45.5 Å². The van der Waals surface area contributed by atoms with Gasteiger partial charge in [-0.3, -0.25) is 14.6 Å². The minimum absolute atomic E-state index is 0.130. The molecule has 2 aromatic rings. The third kappa shape index (κ3) is 3.56. The van der Waals surface area contributed by atoms with Crippen LogP contribution in [0.2, 0.25) is 0 Å². The van der Waals surface area contributed by atoms with Crippen LogP contribution in [0.3, 0.4) is 0 Å². The van der Waals surface area contributed by atoms with Gasteiger partial charge in [-0.25, -0.2) is 0 Å². The number of benzene rings is 1. The van der Waals surface area contributed by atoms with Crippen molar-refractivity contribution in [3.05, 3.63) is 71.3 Å². The molecule has 1 aromatic heterocycles. The van der Waals surface area contributed by atoms with Crippen LogP contribution in [-0.2, 0) is 16.1 Å². The van der Waals surface area contributed by atoms with Gasteiger partial charge in [0.15, 0.2) is 11.5 Å². The Balaban J connectivity index is 2.04. The number of pyridine rings is 1. The van der Waals surface area contributed by atoms with Gasteiger partial charge in [0.2, 0.25) is 0 Å². The van der Waals surface area contributed by atoms with Crippen molar-refractivity contribution in [2.75, 3.05) is 7.11 Å². The molecule has 0 saturated heterocycles. The molecule has 0 fully saturated rings. The van der Waals surface area contributed by atoms with Crippen molar-refractivity contribution in [3.8, 4) is 5.75 Å². The van der Waals surface area contributed by atoms with Crippen molar-refractivity contribution in [1.29, 1.82) is 0 Å². The van der Waals surface area contributed by atoms with Gasteiger partial charge in [0.05, 0.1) is 18.7 Å². The number of methoxy groups -OCH3 is 1. The van der Waals surface area contributed by atoms with Crippen LogP contribution in [0.4, 0.5) is 0 Å². The van der Waals surface area contributed by atoms with Gasteiger partial charge < -0.3 is 14.7 Å². The molecule has 1 unspecified atom stereocenters. The number of Topliss-reactive ketones (excluding diaryl/α,β-unsaturated/α-hetero) is 1. The zero-order chi connectivity index (χ0) is 19.6. The number of amides is 1. The number of aliphatic hydroxyl groups excluding tert-OH is 1. The van der Waals surface area contributed by atoms with E-state index in [-0.39, 0.29) is 23.8 Å². The summed E-state index contributed by atoms with van der Waals surface area (Å²) in [6.07, 6.45) is 3.24.